The summed E-state index contributed by atoms with van der Waals surface area (Å²) < 4.78 is 25.2. The van der Waals surface area contributed by atoms with Crippen molar-refractivity contribution in [3.8, 4) is 0 Å². The fraction of sp³-hybridized carbons (Fsp3) is 0.514. The van der Waals surface area contributed by atoms with Gasteiger partial charge in [-0.05, 0) is 85.1 Å². The minimum atomic E-state index is -1.50. The molecule has 0 saturated heterocycles. The van der Waals surface area contributed by atoms with Crippen LogP contribution in [0.2, 0.25) is 0 Å². The summed E-state index contributed by atoms with van der Waals surface area (Å²) in [6, 6.07) is 9.47. The fourth-order valence-corrected chi connectivity index (χ4v) is 11.0. The number of esters is 1. The van der Waals surface area contributed by atoms with Gasteiger partial charge in [0.05, 0.1) is 12.4 Å². The zero-order valence-corrected chi connectivity index (χ0v) is 27.1. The van der Waals surface area contributed by atoms with Gasteiger partial charge in [0.2, 0.25) is 10.9 Å². The third kappa shape index (κ3) is 4.70. The van der Waals surface area contributed by atoms with Crippen molar-refractivity contribution in [1.82, 2.24) is 0 Å². The van der Waals surface area contributed by atoms with Gasteiger partial charge < -0.3 is 25.4 Å². The SMILES string of the molecule is C[C@@H]1C[C@H]2[C@]3(C)CCC4=CC([NH2+]c5ccc(F)cc5)=C(C=N)C[C@]4(C)[C@H]3[C@@H](O)C[C@]2(C)[C@@]1(OC(=O)c1ccco1)C(=O)SCN. The van der Waals surface area contributed by atoms with Crippen molar-refractivity contribution in [2.24, 2.45) is 39.7 Å². The number of hydrogen-bond donors (Lipinski definition) is 4. The first kappa shape index (κ1) is 31.9. The zero-order chi connectivity index (χ0) is 32.4. The Kier molecular flexibility index (Phi) is 8.04. The third-order valence-electron chi connectivity index (χ3n) is 11.9. The quantitative estimate of drug-likeness (QED) is 0.137. The molecule has 10 heteroatoms. The standard InChI is InChI=1S/C35H42FN3O5S/c1-20-14-28-32(2)12-11-22-15-25(39-24-9-7-23(36)8-10-24)21(18-37)16-33(22,3)29(32)26(40)17-34(28,4)35(20,31(42)45-19-38)44-30(41)27-6-5-13-43-27/h5-10,13,15,18,20,26,28-29,37,39-40H,11-12,14,16-17,19,38H2,1-4H3/p+1/t20-,26+,28+,29+,32+,33+,34+,35+/m1/s1. The monoisotopic (exact) mass is 636 g/mol. The summed E-state index contributed by atoms with van der Waals surface area (Å²) in [6.45, 7) is 8.45. The molecule has 0 bridgehead atoms. The van der Waals surface area contributed by atoms with Crippen LogP contribution in [0.15, 0.2) is 70.0 Å². The molecule has 8 atom stereocenters. The maximum atomic E-state index is 14.1. The van der Waals surface area contributed by atoms with Crippen molar-refractivity contribution < 1.29 is 33.6 Å². The molecule has 2 aromatic rings. The van der Waals surface area contributed by atoms with Crippen LogP contribution in [-0.2, 0) is 9.53 Å². The van der Waals surface area contributed by atoms with Crippen molar-refractivity contribution in [1.29, 1.82) is 5.41 Å². The lowest BCUT2D eigenvalue weighted by Gasteiger charge is -2.65. The first-order valence-electron chi connectivity index (χ1n) is 15.7. The molecular formula is C35H43FN3O5S+. The van der Waals surface area contributed by atoms with E-state index in [1.165, 1.54) is 36.2 Å². The van der Waals surface area contributed by atoms with Gasteiger partial charge in [0.25, 0.3) is 0 Å². The predicted molar refractivity (Wildman–Crippen MR) is 170 cm³/mol. The second-order valence-electron chi connectivity index (χ2n) is 14.1. The third-order valence-corrected chi connectivity index (χ3v) is 12.6. The first-order chi connectivity index (χ1) is 21.3. The van der Waals surface area contributed by atoms with Crippen LogP contribution in [0.5, 0.6) is 0 Å². The number of hydrogen-bond acceptors (Lipinski definition) is 8. The van der Waals surface area contributed by atoms with Crippen molar-refractivity contribution >= 4 is 34.7 Å². The Balaban J connectivity index is 1.38. The molecule has 45 heavy (non-hydrogen) atoms. The van der Waals surface area contributed by atoms with Gasteiger partial charge in [-0.1, -0.05) is 45.0 Å². The lowest BCUT2D eigenvalue weighted by atomic mass is 9.40. The number of aliphatic hydroxyl groups is 1. The van der Waals surface area contributed by atoms with Crippen LogP contribution in [0.3, 0.4) is 0 Å². The molecule has 0 unspecified atom stereocenters. The first-order valence-corrected chi connectivity index (χ1v) is 16.7. The summed E-state index contributed by atoms with van der Waals surface area (Å²) in [7, 11) is 0. The Morgan fingerprint density at radius 1 is 1.24 bits per heavy atom. The van der Waals surface area contributed by atoms with Crippen LogP contribution in [0.1, 0.15) is 70.4 Å². The second kappa shape index (κ2) is 11.3. The number of furan rings is 1. The number of nitrogens with two attached hydrogens (primary N) is 2. The summed E-state index contributed by atoms with van der Waals surface area (Å²) in [5, 5.41) is 22.3. The number of quaternary nitrogens is 1. The van der Waals surface area contributed by atoms with Crippen LogP contribution < -0.4 is 11.1 Å². The molecule has 0 radical (unpaired) electrons. The van der Waals surface area contributed by atoms with Crippen LogP contribution in [0.25, 0.3) is 0 Å². The molecule has 1 aromatic carbocycles. The molecule has 4 aliphatic carbocycles. The number of benzene rings is 1. The van der Waals surface area contributed by atoms with Crippen molar-refractivity contribution in [3.63, 3.8) is 0 Å². The molecule has 0 aliphatic heterocycles. The molecule has 8 nitrogen and oxygen atoms in total. The van der Waals surface area contributed by atoms with Gasteiger partial charge in [-0.3, -0.25) is 10.1 Å². The summed E-state index contributed by atoms with van der Waals surface area (Å²) in [5.74, 6) is -1.40. The van der Waals surface area contributed by atoms with Gasteiger partial charge in [-0.25, -0.2) is 9.18 Å². The summed E-state index contributed by atoms with van der Waals surface area (Å²) in [5.41, 5.74) is 6.61. The Hall–Kier alpha value is -3.05. The number of nitrogens with one attached hydrogen (secondary N) is 1. The van der Waals surface area contributed by atoms with Gasteiger partial charge in [0, 0.05) is 41.1 Å². The lowest BCUT2D eigenvalue weighted by Crippen LogP contribution is -2.76. The van der Waals surface area contributed by atoms with E-state index in [1.54, 1.807) is 18.2 Å². The Morgan fingerprint density at radius 2 is 1.98 bits per heavy atom. The van der Waals surface area contributed by atoms with Crippen LogP contribution >= 0.6 is 11.8 Å². The number of thioether (sulfide) groups is 1. The van der Waals surface area contributed by atoms with Gasteiger partial charge in [0.1, 0.15) is 17.2 Å². The average Bonchev–Trinajstić information content (AvgIpc) is 3.61. The van der Waals surface area contributed by atoms with Crippen molar-refractivity contribution in [2.75, 3.05) is 5.88 Å². The van der Waals surface area contributed by atoms with Crippen LogP contribution in [0.4, 0.5) is 10.1 Å². The summed E-state index contributed by atoms with van der Waals surface area (Å²) in [6.07, 6.45) is 7.31. The highest BCUT2D eigenvalue weighted by molar-refractivity contribution is 8.13. The molecular weight excluding hydrogens is 593 g/mol. The number of ether oxygens (including phenoxy) is 1. The van der Waals surface area contributed by atoms with Gasteiger partial charge in [-0.2, -0.15) is 0 Å². The van der Waals surface area contributed by atoms with Gasteiger partial charge in [-0.15, -0.1) is 0 Å². The van der Waals surface area contributed by atoms with E-state index >= 15 is 0 Å². The van der Waals surface area contributed by atoms with E-state index in [1.807, 2.05) is 19.2 Å². The minimum Gasteiger partial charge on any atom is -0.457 e. The summed E-state index contributed by atoms with van der Waals surface area (Å²) >= 11 is 0.961. The molecule has 4 aliphatic rings. The number of carbonyl (C=O) groups excluding carboxylic acids is 2. The van der Waals surface area contributed by atoms with E-state index < -0.39 is 28.5 Å². The number of aliphatic hydroxyl groups excluding tert-OH is 1. The average molecular weight is 637 g/mol. The number of allylic oxidation sites excluding steroid dienone is 3. The van der Waals surface area contributed by atoms with Crippen molar-refractivity contribution in [2.45, 2.75) is 71.5 Å². The van der Waals surface area contributed by atoms with Crippen LogP contribution in [-0.4, -0.2) is 40.0 Å². The molecule has 240 valence electrons. The van der Waals surface area contributed by atoms with Crippen molar-refractivity contribution in [3.05, 3.63) is 77.2 Å². The topological polar surface area (TPSA) is 143 Å². The smallest absolute Gasteiger partial charge is 0.375 e. The lowest BCUT2D eigenvalue weighted by molar-refractivity contribution is -0.513. The minimum absolute atomic E-state index is 0.0287. The fourth-order valence-electron chi connectivity index (χ4n) is 10.2. The molecule has 0 spiro atoms. The highest BCUT2D eigenvalue weighted by Gasteiger charge is 2.76. The molecule has 6 N–H and O–H groups in total. The van der Waals surface area contributed by atoms with E-state index in [0.717, 1.165) is 41.6 Å². The maximum absolute atomic E-state index is 14.1. The van der Waals surface area contributed by atoms with E-state index in [-0.39, 0.29) is 52.2 Å². The normalized spacial score (nSPS) is 37.3. The molecule has 1 heterocycles. The highest BCUT2D eigenvalue weighted by atomic mass is 32.2. The Bertz CT molecular complexity index is 1570. The van der Waals surface area contributed by atoms with E-state index in [4.69, 9.17) is 20.3 Å². The molecule has 3 saturated carbocycles. The number of carbonyl (C=O) groups is 2. The summed E-state index contributed by atoms with van der Waals surface area (Å²) in [4.78, 5) is 27.6. The number of halogens is 1. The number of rotatable bonds is 7. The molecule has 1 aromatic heterocycles. The zero-order valence-electron chi connectivity index (χ0n) is 26.3. The largest absolute Gasteiger partial charge is 0.457 e. The maximum Gasteiger partial charge on any atom is 0.375 e. The van der Waals surface area contributed by atoms with Gasteiger partial charge in [0.15, 0.2) is 5.60 Å². The molecule has 3 fully saturated rings. The second-order valence-corrected chi connectivity index (χ2v) is 15.1. The highest BCUT2D eigenvalue weighted by Crippen LogP contribution is 2.74. The molecule has 6 rings (SSSR count). The molecule has 0 amide bonds. The van der Waals surface area contributed by atoms with Crippen LogP contribution in [0, 0.1) is 45.2 Å². The predicted octanol–water partition coefficient (Wildman–Crippen LogP) is 5.47. The van der Waals surface area contributed by atoms with E-state index in [2.05, 4.69) is 19.9 Å². The Labute approximate surface area is 267 Å². The van der Waals surface area contributed by atoms with E-state index in [9.17, 15) is 19.1 Å². The number of fused-ring (bicyclic) bond motifs is 5. The van der Waals surface area contributed by atoms with Gasteiger partial charge >= 0.3 is 5.97 Å². The van der Waals surface area contributed by atoms with E-state index in [0.29, 0.717) is 12.8 Å². The Morgan fingerprint density at radius 3 is 2.62 bits per heavy atom.